The van der Waals surface area contributed by atoms with Crippen molar-refractivity contribution in [2.24, 2.45) is 0 Å². The molecule has 1 aromatic carbocycles. The lowest BCUT2D eigenvalue weighted by Gasteiger charge is -2.12. The molecule has 1 N–H and O–H groups in total. The Bertz CT molecular complexity index is 1010. The smallest absolute Gasteiger partial charge is 0.416 e. The molecule has 142 valence electrons. The molecule has 0 bridgehead atoms. The van der Waals surface area contributed by atoms with Crippen LogP contribution in [-0.4, -0.2) is 23.0 Å². The van der Waals surface area contributed by atoms with E-state index in [1.807, 2.05) is 13.8 Å². The highest BCUT2D eigenvalue weighted by Crippen LogP contribution is 2.36. The number of halogens is 3. The highest BCUT2D eigenvalue weighted by molar-refractivity contribution is 7.18. The van der Waals surface area contributed by atoms with Crippen LogP contribution in [0.5, 0.6) is 0 Å². The molecule has 5 nitrogen and oxygen atoms in total. The van der Waals surface area contributed by atoms with E-state index in [-0.39, 0.29) is 17.9 Å². The molecule has 27 heavy (non-hydrogen) atoms. The first kappa shape index (κ1) is 19.1. The van der Waals surface area contributed by atoms with E-state index >= 15 is 0 Å². The molecule has 2 heterocycles. The zero-order chi connectivity index (χ0) is 19.8. The average molecular weight is 395 g/mol. The molecule has 0 atom stereocenters. The summed E-state index contributed by atoms with van der Waals surface area (Å²) in [5, 5.41) is 3.67. The van der Waals surface area contributed by atoms with Crippen molar-refractivity contribution in [1.29, 1.82) is 0 Å². The number of carbonyl (C=O) groups is 1. The van der Waals surface area contributed by atoms with Crippen LogP contribution in [0.4, 0.5) is 24.7 Å². The summed E-state index contributed by atoms with van der Waals surface area (Å²) in [5.74, 6) is 0.106. The molecule has 9 heteroatoms. The van der Waals surface area contributed by atoms with Gasteiger partial charge in [-0.15, -0.1) is 11.3 Å². The Labute approximate surface area is 157 Å². The zero-order valence-electron chi connectivity index (χ0n) is 14.8. The third-order valence-corrected chi connectivity index (χ3v) is 5.16. The Morgan fingerprint density at radius 1 is 1.26 bits per heavy atom. The number of nitrogens with zero attached hydrogens (tertiary/aromatic N) is 2. The van der Waals surface area contributed by atoms with Gasteiger partial charge in [-0.1, -0.05) is 6.07 Å². The second-order valence-corrected chi connectivity index (χ2v) is 7.11. The SMILES string of the molecule is COC(=O)Cc1nc(Nc2cccc(C(F)(F)F)c2)c2c(C)c(C)sc2n1. The van der Waals surface area contributed by atoms with E-state index in [4.69, 9.17) is 0 Å². The number of fused-ring (bicyclic) bond motifs is 1. The summed E-state index contributed by atoms with van der Waals surface area (Å²) in [7, 11) is 1.27. The second kappa shape index (κ2) is 7.15. The van der Waals surface area contributed by atoms with Crippen molar-refractivity contribution >= 4 is 39.0 Å². The Hall–Kier alpha value is -2.68. The van der Waals surface area contributed by atoms with Gasteiger partial charge in [0.1, 0.15) is 22.9 Å². The quantitative estimate of drug-likeness (QED) is 0.644. The molecule has 3 rings (SSSR count). The highest BCUT2D eigenvalue weighted by Gasteiger charge is 2.30. The van der Waals surface area contributed by atoms with E-state index in [1.54, 1.807) is 0 Å². The molecule has 0 radical (unpaired) electrons. The van der Waals surface area contributed by atoms with Crippen LogP contribution in [-0.2, 0) is 22.1 Å². The van der Waals surface area contributed by atoms with Crippen molar-refractivity contribution in [3.05, 3.63) is 46.1 Å². The van der Waals surface area contributed by atoms with Gasteiger partial charge in [0, 0.05) is 10.6 Å². The maximum atomic E-state index is 13.0. The molecule has 0 saturated heterocycles. The van der Waals surface area contributed by atoms with Gasteiger partial charge in [-0.25, -0.2) is 9.97 Å². The summed E-state index contributed by atoms with van der Waals surface area (Å²) in [5.41, 5.74) is 0.428. The van der Waals surface area contributed by atoms with Crippen molar-refractivity contribution < 1.29 is 22.7 Å². The number of benzene rings is 1. The topological polar surface area (TPSA) is 64.1 Å². The third-order valence-electron chi connectivity index (χ3n) is 4.06. The number of alkyl halides is 3. The maximum absolute atomic E-state index is 13.0. The molecule has 0 fully saturated rings. The van der Waals surface area contributed by atoms with Crippen molar-refractivity contribution in [3.63, 3.8) is 0 Å². The number of esters is 1. The average Bonchev–Trinajstić information content (AvgIpc) is 2.88. The summed E-state index contributed by atoms with van der Waals surface area (Å²) in [6, 6.07) is 4.87. The maximum Gasteiger partial charge on any atom is 0.416 e. The van der Waals surface area contributed by atoms with Gasteiger partial charge in [0.05, 0.1) is 18.1 Å². The predicted molar refractivity (Wildman–Crippen MR) is 97.3 cm³/mol. The fraction of sp³-hybridized carbons (Fsp3) is 0.278. The van der Waals surface area contributed by atoms with Gasteiger partial charge in [0.2, 0.25) is 0 Å². The minimum atomic E-state index is -4.44. The monoisotopic (exact) mass is 395 g/mol. The van der Waals surface area contributed by atoms with Crippen LogP contribution in [0.3, 0.4) is 0 Å². The number of hydrogen-bond donors (Lipinski definition) is 1. The Kier molecular flexibility index (Phi) is 5.05. The summed E-state index contributed by atoms with van der Waals surface area (Å²) >= 11 is 1.44. The van der Waals surface area contributed by atoms with Crippen molar-refractivity contribution in [2.45, 2.75) is 26.4 Å². The van der Waals surface area contributed by atoms with Gasteiger partial charge >= 0.3 is 12.1 Å². The van der Waals surface area contributed by atoms with Gasteiger partial charge < -0.3 is 10.1 Å². The third kappa shape index (κ3) is 4.02. The van der Waals surface area contributed by atoms with E-state index in [9.17, 15) is 18.0 Å². The van der Waals surface area contributed by atoms with Crippen LogP contribution >= 0.6 is 11.3 Å². The Morgan fingerprint density at radius 3 is 2.67 bits per heavy atom. The van der Waals surface area contributed by atoms with Crippen LogP contribution < -0.4 is 5.32 Å². The summed E-state index contributed by atoms with van der Waals surface area (Å²) in [4.78, 5) is 22.0. The molecule has 0 aliphatic heterocycles. The number of thiophene rings is 1. The number of aromatic nitrogens is 2. The summed E-state index contributed by atoms with van der Waals surface area (Å²) in [6.45, 7) is 3.82. The Balaban J connectivity index is 2.08. The summed E-state index contributed by atoms with van der Waals surface area (Å²) in [6.07, 6.45) is -4.57. The lowest BCUT2D eigenvalue weighted by molar-refractivity contribution is -0.140. The van der Waals surface area contributed by atoms with Gasteiger partial charge in [0.15, 0.2) is 0 Å². The number of rotatable bonds is 4. The van der Waals surface area contributed by atoms with E-state index in [2.05, 4.69) is 20.0 Å². The van der Waals surface area contributed by atoms with Crippen LogP contribution in [0, 0.1) is 13.8 Å². The van der Waals surface area contributed by atoms with Crippen LogP contribution in [0.1, 0.15) is 21.8 Å². The van der Waals surface area contributed by atoms with Crippen molar-refractivity contribution in [1.82, 2.24) is 9.97 Å². The van der Waals surface area contributed by atoms with Crippen LogP contribution in [0.2, 0.25) is 0 Å². The number of methoxy groups -OCH3 is 1. The molecule has 0 amide bonds. The van der Waals surface area contributed by atoms with Gasteiger partial charge in [-0.3, -0.25) is 4.79 Å². The first-order chi connectivity index (χ1) is 12.7. The molecule has 2 aromatic heterocycles. The molecule has 0 aliphatic rings. The number of aryl methyl sites for hydroxylation is 2. The lowest BCUT2D eigenvalue weighted by Crippen LogP contribution is -2.10. The minimum absolute atomic E-state index is 0.125. The van der Waals surface area contributed by atoms with E-state index in [1.165, 1.54) is 30.6 Å². The molecular formula is C18H16F3N3O2S. The molecule has 0 spiro atoms. The van der Waals surface area contributed by atoms with E-state index < -0.39 is 17.7 Å². The number of ether oxygens (including phenoxy) is 1. The molecule has 0 unspecified atom stereocenters. The number of nitrogens with one attached hydrogen (secondary N) is 1. The number of hydrogen-bond acceptors (Lipinski definition) is 6. The Morgan fingerprint density at radius 2 is 2.00 bits per heavy atom. The fourth-order valence-electron chi connectivity index (χ4n) is 2.57. The highest BCUT2D eigenvalue weighted by atomic mass is 32.1. The fourth-order valence-corrected chi connectivity index (χ4v) is 3.62. The first-order valence-corrected chi connectivity index (χ1v) is 8.78. The number of carbonyl (C=O) groups excluding carboxylic acids is 1. The molecule has 0 saturated carbocycles. The first-order valence-electron chi connectivity index (χ1n) is 7.96. The normalized spacial score (nSPS) is 11.6. The largest absolute Gasteiger partial charge is 0.469 e. The standard InChI is InChI=1S/C18H16F3N3O2S/c1-9-10(2)27-17-15(9)16(23-13(24-17)8-14(25)26-3)22-12-6-4-5-11(7-12)18(19,20)21/h4-7H,8H2,1-3H3,(H,22,23,24). The van der Waals surface area contributed by atoms with Crippen molar-refractivity contribution in [2.75, 3.05) is 12.4 Å². The van der Waals surface area contributed by atoms with Gasteiger partial charge in [-0.2, -0.15) is 13.2 Å². The van der Waals surface area contributed by atoms with Gasteiger partial charge in [0.25, 0.3) is 0 Å². The zero-order valence-corrected chi connectivity index (χ0v) is 15.6. The van der Waals surface area contributed by atoms with Crippen LogP contribution in [0.15, 0.2) is 24.3 Å². The van der Waals surface area contributed by atoms with Gasteiger partial charge in [-0.05, 0) is 37.6 Å². The molecule has 3 aromatic rings. The minimum Gasteiger partial charge on any atom is -0.469 e. The summed E-state index contributed by atoms with van der Waals surface area (Å²) < 4.78 is 43.6. The molecule has 0 aliphatic carbocycles. The predicted octanol–water partition coefficient (Wildman–Crippen LogP) is 4.79. The van der Waals surface area contributed by atoms with E-state index in [0.717, 1.165) is 28.0 Å². The lowest BCUT2D eigenvalue weighted by atomic mass is 10.1. The second-order valence-electron chi connectivity index (χ2n) is 5.91. The van der Waals surface area contributed by atoms with E-state index in [0.29, 0.717) is 10.6 Å². The molecular weight excluding hydrogens is 379 g/mol. The number of anilines is 2. The van der Waals surface area contributed by atoms with Crippen LogP contribution in [0.25, 0.3) is 10.2 Å². The van der Waals surface area contributed by atoms with Crippen molar-refractivity contribution in [3.8, 4) is 0 Å².